The molecule has 1 fully saturated rings. The molecule has 19 heavy (non-hydrogen) atoms. The largest absolute Gasteiger partial charge is 0.349 e. The van der Waals surface area contributed by atoms with Crippen LogP contribution in [0.1, 0.15) is 28.8 Å². The number of sulfone groups is 1. The first-order valence-corrected chi connectivity index (χ1v) is 7.97. The number of carbonyl (C=O) groups is 1. The summed E-state index contributed by atoms with van der Waals surface area (Å²) in [6.45, 7) is 1.75. The lowest BCUT2D eigenvalue weighted by Gasteiger charge is -2.23. The molecule has 0 unspecified atom stereocenters. The van der Waals surface area contributed by atoms with Gasteiger partial charge < -0.3 is 5.32 Å². The van der Waals surface area contributed by atoms with Crippen LogP contribution in [0.2, 0.25) is 0 Å². The number of nitrogens with one attached hydrogen (secondary N) is 1. The zero-order valence-electron chi connectivity index (χ0n) is 10.6. The fraction of sp³-hybridized carbons (Fsp3) is 0.462. The van der Waals surface area contributed by atoms with E-state index in [0.29, 0.717) is 12.8 Å². The van der Waals surface area contributed by atoms with Crippen LogP contribution in [0.4, 0.5) is 4.39 Å². The van der Waals surface area contributed by atoms with Gasteiger partial charge in [-0.1, -0.05) is 6.07 Å². The van der Waals surface area contributed by atoms with E-state index in [4.69, 9.17) is 0 Å². The average molecular weight is 285 g/mol. The van der Waals surface area contributed by atoms with Gasteiger partial charge in [-0.2, -0.15) is 0 Å². The van der Waals surface area contributed by atoms with Crippen molar-refractivity contribution in [3.05, 3.63) is 35.1 Å². The SMILES string of the molecule is Cc1ccc(C(=O)NC2CCS(=O)(=O)CC2)c(F)c1. The molecule has 1 heterocycles. The van der Waals surface area contributed by atoms with Crippen LogP contribution in [0.5, 0.6) is 0 Å². The van der Waals surface area contributed by atoms with Crippen LogP contribution < -0.4 is 5.32 Å². The summed E-state index contributed by atoms with van der Waals surface area (Å²) in [4.78, 5) is 11.9. The number of carbonyl (C=O) groups excluding carboxylic acids is 1. The van der Waals surface area contributed by atoms with Crippen LogP contribution in [-0.2, 0) is 9.84 Å². The fourth-order valence-electron chi connectivity index (χ4n) is 2.10. The summed E-state index contributed by atoms with van der Waals surface area (Å²) in [5, 5.41) is 2.69. The zero-order chi connectivity index (χ0) is 14.0. The highest BCUT2D eigenvalue weighted by atomic mass is 32.2. The summed E-state index contributed by atoms with van der Waals surface area (Å²) in [7, 11) is -2.96. The van der Waals surface area contributed by atoms with Crippen LogP contribution in [0.25, 0.3) is 0 Å². The number of halogens is 1. The highest BCUT2D eigenvalue weighted by molar-refractivity contribution is 7.91. The van der Waals surface area contributed by atoms with Gasteiger partial charge in [0, 0.05) is 6.04 Å². The highest BCUT2D eigenvalue weighted by Gasteiger charge is 2.25. The zero-order valence-corrected chi connectivity index (χ0v) is 11.5. The first kappa shape index (κ1) is 14.0. The molecule has 1 N–H and O–H groups in total. The van der Waals surface area contributed by atoms with Gasteiger partial charge in [-0.3, -0.25) is 4.79 Å². The maximum Gasteiger partial charge on any atom is 0.254 e. The Kier molecular flexibility index (Phi) is 3.89. The third kappa shape index (κ3) is 3.53. The van der Waals surface area contributed by atoms with E-state index in [0.717, 1.165) is 5.56 Å². The van der Waals surface area contributed by atoms with Gasteiger partial charge >= 0.3 is 0 Å². The monoisotopic (exact) mass is 285 g/mol. The van der Waals surface area contributed by atoms with Crippen LogP contribution in [0.3, 0.4) is 0 Å². The Morgan fingerprint density at radius 3 is 2.53 bits per heavy atom. The molecule has 0 spiro atoms. The normalized spacial score (nSPS) is 19.1. The molecule has 6 heteroatoms. The Morgan fingerprint density at radius 1 is 1.32 bits per heavy atom. The lowest BCUT2D eigenvalue weighted by atomic mass is 10.1. The van der Waals surface area contributed by atoms with Crippen molar-refractivity contribution in [2.75, 3.05) is 11.5 Å². The second kappa shape index (κ2) is 5.28. The van der Waals surface area contributed by atoms with Gasteiger partial charge in [0.2, 0.25) is 0 Å². The van der Waals surface area contributed by atoms with E-state index >= 15 is 0 Å². The van der Waals surface area contributed by atoms with Crippen molar-refractivity contribution in [1.82, 2.24) is 5.32 Å². The number of aryl methyl sites for hydroxylation is 1. The molecular weight excluding hydrogens is 269 g/mol. The van der Waals surface area contributed by atoms with Crippen LogP contribution in [-0.4, -0.2) is 31.9 Å². The molecule has 1 aliphatic rings. The third-order valence-corrected chi connectivity index (χ3v) is 4.97. The van der Waals surface area contributed by atoms with Gasteiger partial charge in [-0.05, 0) is 37.5 Å². The summed E-state index contributed by atoms with van der Waals surface area (Å²) in [5.41, 5.74) is 0.747. The van der Waals surface area contributed by atoms with Gasteiger partial charge in [0.25, 0.3) is 5.91 Å². The average Bonchev–Trinajstić information content (AvgIpc) is 2.31. The molecule has 1 amide bonds. The van der Waals surface area contributed by atoms with E-state index in [1.807, 2.05) is 0 Å². The Hall–Kier alpha value is -1.43. The van der Waals surface area contributed by atoms with E-state index in [-0.39, 0.29) is 23.1 Å². The molecule has 0 aliphatic carbocycles. The highest BCUT2D eigenvalue weighted by Crippen LogP contribution is 2.14. The Balaban J connectivity index is 2.02. The predicted octanol–water partition coefficient (Wildman–Crippen LogP) is 1.44. The van der Waals surface area contributed by atoms with Gasteiger partial charge in [0.1, 0.15) is 15.7 Å². The van der Waals surface area contributed by atoms with Gasteiger partial charge in [0.15, 0.2) is 0 Å². The van der Waals surface area contributed by atoms with Gasteiger partial charge in [-0.25, -0.2) is 12.8 Å². The molecule has 1 aromatic carbocycles. The van der Waals surface area contributed by atoms with Crippen molar-refractivity contribution in [3.8, 4) is 0 Å². The molecule has 104 valence electrons. The molecule has 0 aromatic heterocycles. The van der Waals surface area contributed by atoms with E-state index in [1.54, 1.807) is 13.0 Å². The lowest BCUT2D eigenvalue weighted by Crippen LogP contribution is -2.41. The van der Waals surface area contributed by atoms with Crippen molar-refractivity contribution in [1.29, 1.82) is 0 Å². The molecule has 1 aromatic rings. The lowest BCUT2D eigenvalue weighted by molar-refractivity contribution is 0.0930. The minimum Gasteiger partial charge on any atom is -0.349 e. The van der Waals surface area contributed by atoms with Crippen LogP contribution >= 0.6 is 0 Å². The number of rotatable bonds is 2. The molecule has 0 atom stereocenters. The summed E-state index contributed by atoms with van der Waals surface area (Å²) < 4.78 is 36.2. The molecule has 4 nitrogen and oxygen atoms in total. The number of benzene rings is 1. The van der Waals surface area contributed by atoms with Gasteiger partial charge in [0.05, 0.1) is 17.1 Å². The molecule has 0 bridgehead atoms. The minimum atomic E-state index is -2.96. The number of hydrogen-bond donors (Lipinski definition) is 1. The first-order valence-electron chi connectivity index (χ1n) is 6.15. The summed E-state index contributed by atoms with van der Waals surface area (Å²) in [6, 6.07) is 4.22. The molecule has 2 rings (SSSR count). The Labute approximate surface area is 111 Å². The number of amides is 1. The Bertz CT molecular complexity index is 584. The van der Waals surface area contributed by atoms with E-state index in [9.17, 15) is 17.6 Å². The van der Waals surface area contributed by atoms with Crippen molar-refractivity contribution in [2.45, 2.75) is 25.8 Å². The molecular formula is C13H16FNO3S. The minimum absolute atomic E-state index is 0.000898. The maximum absolute atomic E-state index is 13.6. The second-order valence-electron chi connectivity index (χ2n) is 4.88. The standard InChI is InChI=1S/C13H16FNO3S/c1-9-2-3-11(12(14)8-9)13(16)15-10-4-6-19(17,18)7-5-10/h2-3,8,10H,4-7H2,1H3,(H,15,16). The third-order valence-electron chi connectivity index (χ3n) is 3.26. The van der Waals surface area contributed by atoms with Crippen molar-refractivity contribution < 1.29 is 17.6 Å². The Morgan fingerprint density at radius 2 is 1.95 bits per heavy atom. The molecule has 1 aliphatic heterocycles. The summed E-state index contributed by atoms with van der Waals surface area (Å²) >= 11 is 0. The summed E-state index contributed by atoms with van der Waals surface area (Å²) in [6.07, 6.45) is 0.781. The van der Waals surface area contributed by atoms with Crippen molar-refractivity contribution >= 4 is 15.7 Å². The predicted molar refractivity (Wildman–Crippen MR) is 70.3 cm³/mol. The second-order valence-corrected chi connectivity index (χ2v) is 7.19. The van der Waals surface area contributed by atoms with Crippen molar-refractivity contribution in [3.63, 3.8) is 0 Å². The molecule has 0 radical (unpaired) electrons. The summed E-state index contributed by atoms with van der Waals surface area (Å²) in [5.74, 6) is -0.884. The molecule has 0 saturated carbocycles. The molecule has 1 saturated heterocycles. The van der Waals surface area contributed by atoms with Crippen molar-refractivity contribution in [2.24, 2.45) is 0 Å². The number of hydrogen-bond acceptors (Lipinski definition) is 3. The van der Waals surface area contributed by atoms with Gasteiger partial charge in [-0.15, -0.1) is 0 Å². The fourth-order valence-corrected chi connectivity index (χ4v) is 3.59. The van der Waals surface area contributed by atoms with Crippen LogP contribution in [0.15, 0.2) is 18.2 Å². The topological polar surface area (TPSA) is 63.2 Å². The van der Waals surface area contributed by atoms with Crippen LogP contribution in [0, 0.1) is 12.7 Å². The van der Waals surface area contributed by atoms with E-state index in [2.05, 4.69) is 5.32 Å². The smallest absolute Gasteiger partial charge is 0.254 e. The van der Waals surface area contributed by atoms with E-state index < -0.39 is 21.6 Å². The van der Waals surface area contributed by atoms with E-state index in [1.165, 1.54) is 12.1 Å². The quantitative estimate of drug-likeness (QED) is 0.894. The maximum atomic E-state index is 13.6. The first-order chi connectivity index (χ1) is 8.87.